The van der Waals surface area contributed by atoms with Gasteiger partial charge in [-0.1, -0.05) is 59.6 Å². The summed E-state index contributed by atoms with van der Waals surface area (Å²) in [5.74, 6) is 0.381. The van der Waals surface area contributed by atoms with Gasteiger partial charge in [-0.05, 0) is 42.0 Å². The highest BCUT2D eigenvalue weighted by Gasteiger charge is 2.54. The number of hydrazine groups is 1. The van der Waals surface area contributed by atoms with Crippen molar-refractivity contribution in [2.75, 3.05) is 26.4 Å². The average molecular weight is 560 g/mol. The van der Waals surface area contributed by atoms with Crippen molar-refractivity contribution in [3.8, 4) is 5.75 Å². The summed E-state index contributed by atoms with van der Waals surface area (Å²) < 4.78 is 24.8. The molecule has 2 atom stereocenters. The number of carbonyl (C=O) groups is 1. The van der Waals surface area contributed by atoms with E-state index >= 15 is 0 Å². The lowest BCUT2D eigenvalue weighted by molar-refractivity contribution is -0.130. The maximum Gasteiger partial charge on any atom is 0.266 e. The second-order valence-electron chi connectivity index (χ2n) is 8.69. The smallest absolute Gasteiger partial charge is 0.266 e. The van der Waals surface area contributed by atoms with Gasteiger partial charge in [0.2, 0.25) is 5.90 Å². The SMILES string of the molecule is O=C(NNCCF)[C@@]1(Cc2ccccc2)N=C(c2ccc(OCCCO)cc2)O[C@H]1c1ccc(Cl)cc1Cl. The molecule has 3 N–H and O–H groups in total. The number of amides is 1. The second kappa shape index (κ2) is 13.1. The van der Waals surface area contributed by atoms with Crippen LogP contribution in [0.3, 0.4) is 0 Å². The molecule has 0 spiro atoms. The van der Waals surface area contributed by atoms with Crippen LogP contribution in [-0.2, 0) is 16.0 Å². The van der Waals surface area contributed by atoms with Crippen LogP contribution in [0.4, 0.5) is 4.39 Å². The molecule has 1 heterocycles. The van der Waals surface area contributed by atoms with Crippen molar-refractivity contribution in [1.29, 1.82) is 0 Å². The quantitative estimate of drug-likeness (QED) is 0.218. The van der Waals surface area contributed by atoms with Gasteiger partial charge in [-0.25, -0.2) is 14.8 Å². The number of nitrogens with zero attached hydrogens (tertiary/aromatic N) is 1. The zero-order chi connectivity index (χ0) is 27.0. The fourth-order valence-electron chi connectivity index (χ4n) is 4.18. The Morgan fingerprint density at radius 2 is 1.87 bits per heavy atom. The van der Waals surface area contributed by atoms with Crippen molar-refractivity contribution in [2.45, 2.75) is 24.5 Å². The van der Waals surface area contributed by atoms with Crippen LogP contribution in [0.5, 0.6) is 5.75 Å². The van der Waals surface area contributed by atoms with Crippen LogP contribution in [0.2, 0.25) is 10.0 Å². The zero-order valence-electron chi connectivity index (χ0n) is 20.5. The maximum absolute atomic E-state index is 13.8. The van der Waals surface area contributed by atoms with Crippen LogP contribution < -0.4 is 15.6 Å². The molecule has 200 valence electrons. The Hall–Kier alpha value is -3.17. The van der Waals surface area contributed by atoms with E-state index in [1.807, 2.05) is 30.3 Å². The fraction of sp³-hybridized carbons (Fsp3) is 0.286. The molecule has 0 bridgehead atoms. The van der Waals surface area contributed by atoms with E-state index in [-0.39, 0.29) is 25.5 Å². The molecule has 10 heteroatoms. The maximum atomic E-state index is 13.8. The molecule has 0 radical (unpaired) electrons. The van der Waals surface area contributed by atoms with Crippen LogP contribution in [-0.4, -0.2) is 48.9 Å². The van der Waals surface area contributed by atoms with Gasteiger partial charge in [-0.2, -0.15) is 0 Å². The molecule has 38 heavy (non-hydrogen) atoms. The number of carbonyl (C=O) groups excluding carboxylic acids is 1. The third-order valence-corrected chi connectivity index (χ3v) is 6.58. The number of aliphatic hydroxyl groups excluding tert-OH is 1. The summed E-state index contributed by atoms with van der Waals surface area (Å²) in [4.78, 5) is 18.7. The van der Waals surface area contributed by atoms with Crippen LogP contribution in [0.1, 0.15) is 29.2 Å². The topological polar surface area (TPSA) is 92.2 Å². The van der Waals surface area contributed by atoms with Crippen molar-refractivity contribution in [3.05, 3.63) is 99.5 Å². The molecular weight excluding hydrogens is 532 g/mol. The van der Waals surface area contributed by atoms with E-state index in [9.17, 15) is 9.18 Å². The number of alkyl halides is 1. The van der Waals surface area contributed by atoms with Crippen LogP contribution in [0, 0.1) is 0 Å². The summed E-state index contributed by atoms with van der Waals surface area (Å²) >= 11 is 12.8. The van der Waals surface area contributed by atoms with Crippen molar-refractivity contribution in [1.82, 2.24) is 10.9 Å². The predicted octanol–water partition coefficient (Wildman–Crippen LogP) is 4.84. The molecule has 7 nitrogen and oxygen atoms in total. The molecule has 3 aromatic rings. The van der Waals surface area contributed by atoms with E-state index < -0.39 is 24.2 Å². The number of hydrogen-bond donors (Lipinski definition) is 3. The van der Waals surface area contributed by atoms with Gasteiger partial charge < -0.3 is 14.6 Å². The first-order chi connectivity index (χ1) is 18.5. The lowest BCUT2D eigenvalue weighted by Crippen LogP contribution is -2.54. The summed E-state index contributed by atoms with van der Waals surface area (Å²) in [7, 11) is 0. The zero-order valence-corrected chi connectivity index (χ0v) is 22.0. The number of hydrogen-bond acceptors (Lipinski definition) is 6. The highest BCUT2D eigenvalue weighted by Crippen LogP contribution is 2.45. The molecule has 1 amide bonds. The standard InChI is InChI=1S/C28H28Cl2FN3O4/c29-21-9-12-23(24(30)17-21)25-28(27(36)34-32-14-13-31,18-19-5-2-1-3-6-19)33-26(38-25)20-7-10-22(11-8-20)37-16-4-15-35/h1-3,5-12,17,25,32,35H,4,13-16,18H2,(H,34,36)/t25-,28-/m0/s1. The highest BCUT2D eigenvalue weighted by atomic mass is 35.5. The van der Waals surface area contributed by atoms with E-state index in [0.29, 0.717) is 39.9 Å². The third kappa shape index (κ3) is 6.45. The monoisotopic (exact) mass is 559 g/mol. The predicted molar refractivity (Wildman–Crippen MR) is 145 cm³/mol. The first-order valence-electron chi connectivity index (χ1n) is 12.2. The normalized spacial score (nSPS) is 18.5. The Morgan fingerprint density at radius 3 is 2.55 bits per heavy atom. The number of aliphatic imine (C=N–C) groups is 1. The van der Waals surface area contributed by atoms with E-state index in [0.717, 1.165) is 5.56 Å². The van der Waals surface area contributed by atoms with E-state index in [1.165, 1.54) is 0 Å². The molecule has 0 aromatic heterocycles. The van der Waals surface area contributed by atoms with Gasteiger partial charge in [0.05, 0.1) is 6.61 Å². The molecule has 0 saturated carbocycles. The third-order valence-electron chi connectivity index (χ3n) is 6.01. The minimum Gasteiger partial charge on any atom is -0.494 e. The Balaban J connectivity index is 1.77. The number of nitrogens with one attached hydrogen (secondary N) is 2. The second-order valence-corrected chi connectivity index (χ2v) is 9.53. The van der Waals surface area contributed by atoms with Crippen LogP contribution in [0.25, 0.3) is 0 Å². The molecule has 0 aliphatic carbocycles. The fourth-order valence-corrected chi connectivity index (χ4v) is 4.69. The number of benzene rings is 3. The lowest BCUT2D eigenvalue weighted by Gasteiger charge is -2.31. The van der Waals surface area contributed by atoms with Gasteiger partial charge in [0.15, 0.2) is 11.6 Å². The number of rotatable bonds is 12. The lowest BCUT2D eigenvalue weighted by atomic mass is 9.82. The minimum atomic E-state index is -1.48. The molecule has 0 unspecified atom stereocenters. The van der Waals surface area contributed by atoms with Crippen molar-refractivity contribution < 1.29 is 23.8 Å². The number of aliphatic hydroxyl groups is 1. The van der Waals surface area contributed by atoms with Gasteiger partial charge in [0, 0.05) is 47.2 Å². The molecular formula is C28H28Cl2FN3O4. The van der Waals surface area contributed by atoms with Crippen LogP contribution in [0.15, 0.2) is 77.8 Å². The van der Waals surface area contributed by atoms with Crippen molar-refractivity contribution >= 4 is 35.0 Å². The largest absolute Gasteiger partial charge is 0.494 e. The Bertz CT molecular complexity index is 1260. The van der Waals surface area contributed by atoms with Gasteiger partial charge in [-0.15, -0.1) is 0 Å². The summed E-state index contributed by atoms with van der Waals surface area (Å²) in [5, 5.41) is 9.74. The summed E-state index contributed by atoms with van der Waals surface area (Å²) in [6.07, 6.45) is -0.198. The molecule has 1 aliphatic heterocycles. The summed E-state index contributed by atoms with van der Waals surface area (Å²) in [6.45, 7) is -0.287. The van der Waals surface area contributed by atoms with E-state index in [4.69, 9.17) is 42.8 Å². The van der Waals surface area contributed by atoms with Crippen molar-refractivity contribution in [2.24, 2.45) is 4.99 Å². The Labute approximate surface area is 230 Å². The minimum absolute atomic E-state index is 0.0448. The Kier molecular flexibility index (Phi) is 9.58. The molecule has 0 fully saturated rings. The summed E-state index contributed by atoms with van der Waals surface area (Å²) in [6, 6.07) is 21.5. The summed E-state index contributed by atoms with van der Waals surface area (Å²) in [5.41, 5.74) is 5.76. The highest BCUT2D eigenvalue weighted by molar-refractivity contribution is 6.35. The van der Waals surface area contributed by atoms with E-state index in [2.05, 4.69) is 10.9 Å². The van der Waals surface area contributed by atoms with Gasteiger partial charge in [0.1, 0.15) is 12.4 Å². The van der Waals surface area contributed by atoms with Gasteiger partial charge >= 0.3 is 0 Å². The Morgan fingerprint density at radius 1 is 1.11 bits per heavy atom. The number of ether oxygens (including phenoxy) is 2. The van der Waals surface area contributed by atoms with E-state index in [1.54, 1.807) is 42.5 Å². The number of halogens is 3. The molecule has 1 aliphatic rings. The van der Waals surface area contributed by atoms with Gasteiger partial charge in [-0.3, -0.25) is 10.2 Å². The molecule has 3 aromatic carbocycles. The first-order valence-corrected chi connectivity index (χ1v) is 12.9. The molecule has 4 rings (SSSR count). The van der Waals surface area contributed by atoms with Gasteiger partial charge in [0.25, 0.3) is 5.91 Å². The molecule has 0 saturated heterocycles. The average Bonchev–Trinajstić information content (AvgIpc) is 3.30. The van der Waals surface area contributed by atoms with Crippen molar-refractivity contribution in [3.63, 3.8) is 0 Å². The van der Waals surface area contributed by atoms with Crippen LogP contribution >= 0.6 is 23.2 Å². The first kappa shape index (κ1) is 27.9.